The molecule has 2 aromatic rings. The molecule has 0 heterocycles. The minimum atomic E-state index is 0.162. The van der Waals surface area contributed by atoms with Crippen LogP contribution >= 0.6 is 0 Å². The molecule has 0 aliphatic heterocycles. The lowest BCUT2D eigenvalue weighted by molar-refractivity contribution is 0.468. The fraction of sp³-hybridized carbons (Fsp3) is 0.400. The lowest BCUT2D eigenvalue weighted by Gasteiger charge is -2.26. The molecule has 0 spiro atoms. The second-order valence-corrected chi connectivity index (χ2v) is 6.83. The second kappa shape index (κ2) is 6.03. The predicted molar refractivity (Wildman–Crippen MR) is 89.6 cm³/mol. The highest BCUT2D eigenvalue weighted by Crippen LogP contribution is 2.41. The van der Waals surface area contributed by atoms with Crippen molar-refractivity contribution in [2.75, 3.05) is 6.54 Å². The molecule has 3 rings (SSSR count). The van der Waals surface area contributed by atoms with E-state index in [1.165, 1.54) is 24.0 Å². The third-order valence-corrected chi connectivity index (χ3v) is 4.51. The molecule has 0 unspecified atom stereocenters. The van der Waals surface area contributed by atoms with Gasteiger partial charge in [-0.2, -0.15) is 0 Å². The van der Waals surface area contributed by atoms with Gasteiger partial charge in [-0.15, -0.1) is 0 Å². The minimum absolute atomic E-state index is 0.162. The van der Waals surface area contributed by atoms with Crippen molar-refractivity contribution in [3.63, 3.8) is 0 Å². The smallest absolute Gasteiger partial charge is 0.0208 e. The Kier molecular flexibility index (Phi) is 4.12. The fourth-order valence-corrected chi connectivity index (χ4v) is 2.99. The molecule has 0 saturated heterocycles. The van der Waals surface area contributed by atoms with Gasteiger partial charge in [0.2, 0.25) is 0 Å². The van der Waals surface area contributed by atoms with E-state index < -0.39 is 0 Å². The van der Waals surface area contributed by atoms with Crippen LogP contribution in [-0.2, 0) is 12.0 Å². The van der Waals surface area contributed by atoms with Gasteiger partial charge in [-0.1, -0.05) is 68.4 Å². The average Bonchev–Trinajstić information content (AvgIpc) is 3.33. The number of benzene rings is 2. The van der Waals surface area contributed by atoms with Crippen LogP contribution in [0.3, 0.4) is 0 Å². The Bertz CT molecular complexity index is 582. The molecule has 1 heteroatoms. The summed E-state index contributed by atoms with van der Waals surface area (Å²) >= 11 is 0. The standard InChI is InChI=1S/C20H25N/c1-20(2,18-9-4-3-5-10-18)15-21-14-17-8-6-7-11-19(17)16-12-13-16/h3-11,16,21H,12-15H2,1-2H3. The first kappa shape index (κ1) is 14.3. The van der Waals surface area contributed by atoms with E-state index in [1.807, 2.05) is 0 Å². The molecule has 0 bridgehead atoms. The summed E-state index contributed by atoms with van der Waals surface area (Å²) in [6.07, 6.45) is 2.74. The van der Waals surface area contributed by atoms with E-state index in [-0.39, 0.29) is 5.41 Å². The van der Waals surface area contributed by atoms with Crippen molar-refractivity contribution < 1.29 is 0 Å². The van der Waals surface area contributed by atoms with Crippen molar-refractivity contribution in [2.24, 2.45) is 0 Å². The molecule has 1 N–H and O–H groups in total. The quantitative estimate of drug-likeness (QED) is 0.813. The van der Waals surface area contributed by atoms with Gasteiger partial charge < -0.3 is 5.32 Å². The van der Waals surface area contributed by atoms with Gasteiger partial charge in [0.1, 0.15) is 0 Å². The lowest BCUT2D eigenvalue weighted by atomic mass is 9.84. The molecule has 1 fully saturated rings. The first-order valence-electron chi connectivity index (χ1n) is 8.01. The molecule has 1 saturated carbocycles. The van der Waals surface area contributed by atoms with Crippen LogP contribution in [0.25, 0.3) is 0 Å². The summed E-state index contributed by atoms with van der Waals surface area (Å²) in [7, 11) is 0. The molecular weight excluding hydrogens is 254 g/mol. The van der Waals surface area contributed by atoms with E-state index in [9.17, 15) is 0 Å². The second-order valence-electron chi connectivity index (χ2n) is 6.83. The summed E-state index contributed by atoms with van der Waals surface area (Å²) in [6.45, 7) is 6.59. The van der Waals surface area contributed by atoms with Gasteiger partial charge in [0.25, 0.3) is 0 Å². The highest BCUT2D eigenvalue weighted by Gasteiger charge is 2.25. The lowest BCUT2D eigenvalue weighted by Crippen LogP contribution is -2.32. The summed E-state index contributed by atoms with van der Waals surface area (Å²) < 4.78 is 0. The number of rotatable bonds is 6. The van der Waals surface area contributed by atoms with Gasteiger partial charge in [0.05, 0.1) is 0 Å². The van der Waals surface area contributed by atoms with Crippen molar-refractivity contribution in [1.82, 2.24) is 5.32 Å². The third kappa shape index (κ3) is 3.54. The zero-order valence-corrected chi connectivity index (χ0v) is 13.1. The zero-order chi connectivity index (χ0) is 14.7. The number of nitrogens with one attached hydrogen (secondary N) is 1. The number of hydrogen-bond donors (Lipinski definition) is 1. The first-order chi connectivity index (χ1) is 10.2. The van der Waals surface area contributed by atoms with Crippen LogP contribution in [0.1, 0.15) is 49.3 Å². The van der Waals surface area contributed by atoms with Crippen LogP contribution < -0.4 is 5.32 Å². The van der Waals surface area contributed by atoms with Crippen LogP contribution in [0, 0.1) is 0 Å². The molecule has 21 heavy (non-hydrogen) atoms. The third-order valence-electron chi connectivity index (χ3n) is 4.51. The van der Waals surface area contributed by atoms with Gasteiger partial charge in [-0.05, 0) is 35.4 Å². The molecule has 0 amide bonds. The van der Waals surface area contributed by atoms with Crippen molar-refractivity contribution >= 4 is 0 Å². The summed E-state index contributed by atoms with van der Waals surface area (Å²) in [5.74, 6) is 0.824. The van der Waals surface area contributed by atoms with Gasteiger partial charge >= 0.3 is 0 Å². The highest BCUT2D eigenvalue weighted by molar-refractivity contribution is 5.33. The van der Waals surface area contributed by atoms with Crippen LogP contribution in [0.4, 0.5) is 0 Å². The van der Waals surface area contributed by atoms with Crippen molar-refractivity contribution in [3.8, 4) is 0 Å². The van der Waals surface area contributed by atoms with E-state index in [0.29, 0.717) is 0 Å². The normalized spacial score (nSPS) is 15.1. The molecule has 0 atom stereocenters. The maximum atomic E-state index is 3.66. The van der Waals surface area contributed by atoms with Gasteiger partial charge in [-0.3, -0.25) is 0 Å². The van der Waals surface area contributed by atoms with Gasteiger partial charge in [-0.25, -0.2) is 0 Å². The summed E-state index contributed by atoms with van der Waals surface area (Å²) in [5, 5.41) is 3.66. The van der Waals surface area contributed by atoms with E-state index in [2.05, 4.69) is 73.8 Å². The maximum absolute atomic E-state index is 3.66. The van der Waals surface area contributed by atoms with Crippen molar-refractivity contribution in [2.45, 2.75) is 44.6 Å². The molecule has 0 radical (unpaired) electrons. The SMILES string of the molecule is CC(C)(CNCc1ccccc1C1CC1)c1ccccc1. The Labute approximate surface area is 128 Å². The largest absolute Gasteiger partial charge is 0.312 e. The van der Waals surface area contributed by atoms with E-state index in [0.717, 1.165) is 19.0 Å². The number of hydrogen-bond acceptors (Lipinski definition) is 1. The van der Waals surface area contributed by atoms with Gasteiger partial charge in [0.15, 0.2) is 0 Å². The predicted octanol–water partition coefficient (Wildman–Crippen LogP) is 4.63. The zero-order valence-electron chi connectivity index (χ0n) is 13.1. The Balaban J connectivity index is 1.61. The Morgan fingerprint density at radius 2 is 1.62 bits per heavy atom. The Morgan fingerprint density at radius 1 is 0.952 bits per heavy atom. The first-order valence-corrected chi connectivity index (χ1v) is 8.01. The molecule has 1 aliphatic carbocycles. The highest BCUT2D eigenvalue weighted by atomic mass is 14.9. The minimum Gasteiger partial charge on any atom is -0.312 e. The summed E-state index contributed by atoms with van der Waals surface area (Å²) in [5.41, 5.74) is 4.59. The van der Waals surface area contributed by atoms with Crippen molar-refractivity contribution in [1.29, 1.82) is 0 Å². The van der Waals surface area contributed by atoms with Crippen LogP contribution in [0.2, 0.25) is 0 Å². The van der Waals surface area contributed by atoms with Crippen LogP contribution in [0.5, 0.6) is 0 Å². The molecule has 1 aliphatic rings. The van der Waals surface area contributed by atoms with Gasteiger partial charge in [0, 0.05) is 18.5 Å². The van der Waals surface area contributed by atoms with Crippen molar-refractivity contribution in [3.05, 3.63) is 71.3 Å². The Morgan fingerprint density at radius 3 is 2.33 bits per heavy atom. The topological polar surface area (TPSA) is 12.0 Å². The van der Waals surface area contributed by atoms with Crippen LogP contribution in [-0.4, -0.2) is 6.54 Å². The van der Waals surface area contributed by atoms with E-state index in [4.69, 9.17) is 0 Å². The monoisotopic (exact) mass is 279 g/mol. The van der Waals surface area contributed by atoms with Crippen LogP contribution in [0.15, 0.2) is 54.6 Å². The average molecular weight is 279 g/mol. The Hall–Kier alpha value is -1.60. The molecule has 110 valence electrons. The molecule has 0 aromatic heterocycles. The molecular formula is C20H25N. The molecule has 1 nitrogen and oxygen atoms in total. The fourth-order valence-electron chi connectivity index (χ4n) is 2.99. The van der Waals surface area contributed by atoms with E-state index >= 15 is 0 Å². The summed E-state index contributed by atoms with van der Waals surface area (Å²) in [6, 6.07) is 19.7. The summed E-state index contributed by atoms with van der Waals surface area (Å²) in [4.78, 5) is 0. The maximum Gasteiger partial charge on any atom is 0.0208 e. The molecule has 2 aromatic carbocycles. The van der Waals surface area contributed by atoms with E-state index in [1.54, 1.807) is 5.56 Å².